The number of hydrogen-bond donors (Lipinski definition) is 1. The molecule has 0 saturated heterocycles. The minimum Gasteiger partial charge on any atom is -0.496 e. The second-order valence-corrected chi connectivity index (χ2v) is 3.81. The zero-order valence-corrected chi connectivity index (χ0v) is 10.9. The maximum atomic E-state index is 10.2. The molecule has 0 amide bonds. The van der Waals surface area contributed by atoms with Crippen molar-refractivity contribution in [1.82, 2.24) is 0 Å². The van der Waals surface area contributed by atoms with Gasteiger partial charge in [-0.3, -0.25) is 0 Å². The van der Waals surface area contributed by atoms with Crippen LogP contribution in [0.5, 0.6) is 17.2 Å². The molecule has 1 aromatic carbocycles. The van der Waals surface area contributed by atoms with Crippen LogP contribution in [0.3, 0.4) is 0 Å². The van der Waals surface area contributed by atoms with E-state index < -0.39 is 12.0 Å². The van der Waals surface area contributed by atoms with Crippen molar-refractivity contribution >= 4 is 0 Å². The first kappa shape index (κ1) is 14.1. The number of rotatable bonds is 5. The molecule has 98 valence electrons. The van der Waals surface area contributed by atoms with Crippen molar-refractivity contribution in [1.29, 1.82) is 5.26 Å². The van der Waals surface area contributed by atoms with Crippen molar-refractivity contribution in [3.05, 3.63) is 17.7 Å². The Morgan fingerprint density at radius 2 is 1.61 bits per heavy atom. The Balaban J connectivity index is 3.36. The molecule has 0 bridgehead atoms. The Hall–Kier alpha value is -1.93. The maximum Gasteiger partial charge on any atom is 0.132 e. The molecule has 0 spiro atoms. The van der Waals surface area contributed by atoms with E-state index >= 15 is 0 Å². The SMILES string of the molecule is COc1cc(OC)c(C(O)C(C)C#N)c(OC)c1. The van der Waals surface area contributed by atoms with E-state index in [9.17, 15) is 5.11 Å². The smallest absolute Gasteiger partial charge is 0.132 e. The van der Waals surface area contributed by atoms with Gasteiger partial charge in [0.2, 0.25) is 0 Å². The van der Waals surface area contributed by atoms with Crippen LogP contribution in [0.25, 0.3) is 0 Å². The first-order valence-corrected chi connectivity index (χ1v) is 5.46. The van der Waals surface area contributed by atoms with Crippen LogP contribution < -0.4 is 14.2 Å². The minimum atomic E-state index is -0.981. The lowest BCUT2D eigenvalue weighted by Crippen LogP contribution is -2.10. The molecule has 1 aromatic rings. The van der Waals surface area contributed by atoms with Crippen molar-refractivity contribution in [2.45, 2.75) is 13.0 Å². The van der Waals surface area contributed by atoms with E-state index in [1.807, 2.05) is 6.07 Å². The Kier molecular flexibility index (Phi) is 4.81. The first-order valence-electron chi connectivity index (χ1n) is 5.46. The summed E-state index contributed by atoms with van der Waals surface area (Å²) < 4.78 is 15.5. The summed E-state index contributed by atoms with van der Waals surface area (Å²) in [6, 6.07) is 5.29. The van der Waals surface area contributed by atoms with Crippen LogP contribution >= 0.6 is 0 Å². The maximum absolute atomic E-state index is 10.2. The fourth-order valence-electron chi connectivity index (χ4n) is 1.64. The van der Waals surface area contributed by atoms with Crippen molar-refractivity contribution < 1.29 is 19.3 Å². The fraction of sp³-hybridized carbons (Fsp3) is 0.462. The quantitative estimate of drug-likeness (QED) is 0.865. The summed E-state index contributed by atoms with van der Waals surface area (Å²) in [5.74, 6) is 0.854. The van der Waals surface area contributed by atoms with Gasteiger partial charge in [-0.15, -0.1) is 0 Å². The molecule has 0 heterocycles. The number of hydrogen-bond acceptors (Lipinski definition) is 5. The number of methoxy groups -OCH3 is 3. The van der Waals surface area contributed by atoms with Gasteiger partial charge in [0.25, 0.3) is 0 Å². The molecule has 0 aromatic heterocycles. The third-order valence-electron chi connectivity index (χ3n) is 2.73. The van der Waals surface area contributed by atoms with Gasteiger partial charge >= 0.3 is 0 Å². The summed E-state index contributed by atoms with van der Waals surface area (Å²) in [6.45, 7) is 1.63. The molecule has 2 atom stereocenters. The topological polar surface area (TPSA) is 71.7 Å². The molecule has 5 nitrogen and oxygen atoms in total. The van der Waals surface area contributed by atoms with Crippen LogP contribution in [-0.4, -0.2) is 26.4 Å². The highest BCUT2D eigenvalue weighted by molar-refractivity contribution is 5.52. The normalized spacial score (nSPS) is 13.3. The van der Waals surface area contributed by atoms with Gasteiger partial charge in [-0.1, -0.05) is 0 Å². The van der Waals surface area contributed by atoms with Gasteiger partial charge in [-0.2, -0.15) is 5.26 Å². The molecular weight excluding hydrogens is 234 g/mol. The van der Waals surface area contributed by atoms with Crippen LogP contribution in [0.15, 0.2) is 12.1 Å². The lowest BCUT2D eigenvalue weighted by atomic mass is 9.96. The van der Waals surface area contributed by atoms with Crippen LogP contribution in [-0.2, 0) is 0 Å². The highest BCUT2D eigenvalue weighted by Gasteiger charge is 2.25. The van der Waals surface area contributed by atoms with Crippen molar-refractivity contribution in [3.63, 3.8) is 0 Å². The molecule has 2 unspecified atom stereocenters. The van der Waals surface area contributed by atoms with E-state index in [0.29, 0.717) is 22.8 Å². The minimum absolute atomic E-state index is 0.431. The Bertz CT molecular complexity index is 428. The predicted octanol–water partition coefficient (Wildman–Crippen LogP) is 1.91. The highest BCUT2D eigenvalue weighted by Crippen LogP contribution is 2.40. The van der Waals surface area contributed by atoms with E-state index in [1.54, 1.807) is 19.1 Å². The van der Waals surface area contributed by atoms with Crippen molar-refractivity contribution in [3.8, 4) is 23.3 Å². The monoisotopic (exact) mass is 251 g/mol. The largest absolute Gasteiger partial charge is 0.496 e. The molecule has 0 fully saturated rings. The van der Waals surface area contributed by atoms with Gasteiger partial charge in [0.15, 0.2) is 0 Å². The first-order chi connectivity index (χ1) is 8.58. The number of nitriles is 1. The van der Waals surface area contributed by atoms with E-state index in [-0.39, 0.29) is 0 Å². The third kappa shape index (κ3) is 2.66. The predicted molar refractivity (Wildman–Crippen MR) is 65.8 cm³/mol. The number of nitrogens with zero attached hydrogens (tertiary/aromatic N) is 1. The van der Waals surface area contributed by atoms with Crippen LogP contribution in [0, 0.1) is 17.2 Å². The average molecular weight is 251 g/mol. The summed E-state index contributed by atoms with van der Waals surface area (Å²) in [5, 5.41) is 19.0. The summed E-state index contributed by atoms with van der Waals surface area (Å²) in [4.78, 5) is 0. The molecule has 0 saturated carbocycles. The summed E-state index contributed by atoms with van der Waals surface area (Å²) in [7, 11) is 4.51. The fourth-order valence-corrected chi connectivity index (χ4v) is 1.64. The highest BCUT2D eigenvalue weighted by atomic mass is 16.5. The van der Waals surface area contributed by atoms with Crippen molar-refractivity contribution in [2.75, 3.05) is 21.3 Å². The molecule has 0 aliphatic carbocycles. The van der Waals surface area contributed by atoms with Gasteiger partial charge in [0, 0.05) is 12.1 Å². The molecule has 0 radical (unpaired) electrons. The molecule has 0 aliphatic rings. The zero-order chi connectivity index (χ0) is 13.7. The summed E-state index contributed by atoms with van der Waals surface area (Å²) >= 11 is 0. The second-order valence-electron chi connectivity index (χ2n) is 3.81. The molecule has 18 heavy (non-hydrogen) atoms. The second kappa shape index (κ2) is 6.12. The number of benzene rings is 1. The lowest BCUT2D eigenvalue weighted by molar-refractivity contribution is 0.135. The van der Waals surface area contributed by atoms with E-state index in [1.165, 1.54) is 21.3 Å². The Morgan fingerprint density at radius 1 is 1.11 bits per heavy atom. The van der Waals surface area contributed by atoms with Crippen LogP contribution in [0.2, 0.25) is 0 Å². The molecular formula is C13H17NO4. The van der Waals surface area contributed by atoms with Crippen molar-refractivity contribution in [2.24, 2.45) is 5.92 Å². The zero-order valence-electron chi connectivity index (χ0n) is 10.9. The summed E-state index contributed by atoms with van der Waals surface area (Å²) in [6.07, 6.45) is -0.981. The Labute approximate surface area is 107 Å². The standard InChI is InChI=1S/C13H17NO4/c1-8(7-14)13(15)12-10(17-3)5-9(16-2)6-11(12)18-4/h5-6,8,13,15H,1-4H3. The number of ether oxygens (including phenoxy) is 3. The average Bonchev–Trinajstić information content (AvgIpc) is 2.43. The van der Waals surface area contributed by atoms with Crippen LogP contribution in [0.1, 0.15) is 18.6 Å². The van der Waals surface area contributed by atoms with Crippen LogP contribution in [0.4, 0.5) is 0 Å². The van der Waals surface area contributed by atoms with Gasteiger partial charge in [-0.25, -0.2) is 0 Å². The third-order valence-corrected chi connectivity index (χ3v) is 2.73. The van der Waals surface area contributed by atoms with Gasteiger partial charge in [0.05, 0.1) is 38.9 Å². The van der Waals surface area contributed by atoms with Gasteiger partial charge in [0.1, 0.15) is 23.4 Å². The van der Waals surface area contributed by atoms with E-state index in [0.717, 1.165) is 0 Å². The molecule has 0 aliphatic heterocycles. The summed E-state index contributed by atoms with van der Waals surface area (Å²) in [5.41, 5.74) is 0.454. The van der Waals surface area contributed by atoms with E-state index in [4.69, 9.17) is 19.5 Å². The molecule has 1 N–H and O–H groups in total. The van der Waals surface area contributed by atoms with Gasteiger partial charge in [-0.05, 0) is 6.92 Å². The number of aliphatic hydroxyl groups is 1. The molecule has 5 heteroatoms. The van der Waals surface area contributed by atoms with Gasteiger partial charge < -0.3 is 19.3 Å². The molecule has 1 rings (SSSR count). The Morgan fingerprint density at radius 3 is 1.94 bits per heavy atom. The van der Waals surface area contributed by atoms with E-state index in [2.05, 4.69) is 0 Å². The lowest BCUT2D eigenvalue weighted by Gasteiger charge is -2.20. The number of aliphatic hydroxyl groups excluding tert-OH is 1.